The normalized spacial score (nSPS) is 19.7. The van der Waals surface area contributed by atoms with Crippen LogP contribution < -0.4 is 10.9 Å². The molecule has 2 atom stereocenters. The van der Waals surface area contributed by atoms with Crippen LogP contribution in [0.4, 0.5) is 0 Å². The zero-order valence-corrected chi connectivity index (χ0v) is 17.2. The lowest BCUT2D eigenvalue weighted by Crippen LogP contribution is -2.45. The molecule has 2 heterocycles. The van der Waals surface area contributed by atoms with Gasteiger partial charge in [0.1, 0.15) is 0 Å². The Labute approximate surface area is 175 Å². The van der Waals surface area contributed by atoms with Gasteiger partial charge in [0.25, 0.3) is 11.5 Å². The predicted octanol–water partition coefficient (Wildman–Crippen LogP) is 2.46. The van der Waals surface area contributed by atoms with E-state index in [1.54, 1.807) is 24.3 Å². The van der Waals surface area contributed by atoms with Crippen LogP contribution in [-0.4, -0.2) is 46.3 Å². The number of fused-ring (bicyclic) bond motifs is 1. The van der Waals surface area contributed by atoms with Crippen LogP contribution in [0.1, 0.15) is 35.5 Å². The summed E-state index contributed by atoms with van der Waals surface area (Å²) in [4.78, 5) is 27.1. The Hall–Kier alpha value is -3.03. The Morgan fingerprint density at radius 3 is 2.43 bits per heavy atom. The number of H-pyrrole nitrogens is 1. The summed E-state index contributed by atoms with van der Waals surface area (Å²) in [6, 6.07) is 15.1. The van der Waals surface area contributed by atoms with Gasteiger partial charge in [-0.15, -0.1) is 0 Å². The number of hydrogen-bond acceptors (Lipinski definition) is 5. The van der Waals surface area contributed by atoms with Crippen LogP contribution in [0.3, 0.4) is 0 Å². The summed E-state index contributed by atoms with van der Waals surface area (Å²) in [6.07, 6.45) is 0.417. The number of carbonyl (C=O) groups excluding carboxylic acids is 1. The lowest BCUT2D eigenvalue weighted by atomic mass is 10.1. The van der Waals surface area contributed by atoms with Gasteiger partial charge in [-0.3, -0.25) is 14.5 Å². The van der Waals surface area contributed by atoms with Crippen LogP contribution in [-0.2, 0) is 17.8 Å². The summed E-state index contributed by atoms with van der Waals surface area (Å²) in [5.74, 6) is -0.314. The van der Waals surface area contributed by atoms with Crippen molar-refractivity contribution in [2.75, 3.05) is 13.1 Å². The van der Waals surface area contributed by atoms with Gasteiger partial charge in [-0.1, -0.05) is 42.5 Å². The molecule has 2 aromatic carbocycles. The van der Waals surface area contributed by atoms with Gasteiger partial charge in [-0.25, -0.2) is 5.10 Å². The van der Waals surface area contributed by atoms with Crippen molar-refractivity contribution >= 4 is 16.7 Å². The first-order valence-corrected chi connectivity index (χ1v) is 10.2. The largest absolute Gasteiger partial charge is 0.373 e. The highest BCUT2D eigenvalue weighted by molar-refractivity contribution is 6.04. The molecule has 0 spiro atoms. The lowest BCUT2D eigenvalue weighted by Gasteiger charge is -2.35. The summed E-state index contributed by atoms with van der Waals surface area (Å²) in [5, 5.41) is 10.3. The second-order valence-electron chi connectivity index (χ2n) is 7.85. The zero-order chi connectivity index (χ0) is 21.1. The summed E-state index contributed by atoms with van der Waals surface area (Å²) < 4.78 is 5.82. The number of rotatable bonds is 5. The highest BCUT2D eigenvalue weighted by Gasteiger charge is 2.23. The third-order valence-electron chi connectivity index (χ3n) is 5.36. The number of carbonyl (C=O) groups is 1. The van der Waals surface area contributed by atoms with Gasteiger partial charge in [0.15, 0.2) is 5.69 Å². The van der Waals surface area contributed by atoms with Gasteiger partial charge in [0.05, 0.1) is 17.6 Å². The van der Waals surface area contributed by atoms with Crippen LogP contribution in [0.2, 0.25) is 0 Å². The molecule has 0 aliphatic carbocycles. The number of nitrogens with one attached hydrogen (secondary N) is 2. The van der Waals surface area contributed by atoms with Crippen LogP contribution in [0.5, 0.6) is 0 Å². The van der Waals surface area contributed by atoms with Crippen molar-refractivity contribution < 1.29 is 9.53 Å². The molecule has 30 heavy (non-hydrogen) atoms. The molecule has 1 aliphatic rings. The molecular formula is C23H26N4O3. The van der Waals surface area contributed by atoms with Crippen molar-refractivity contribution in [3.8, 4) is 0 Å². The quantitative estimate of drug-likeness (QED) is 0.680. The van der Waals surface area contributed by atoms with Crippen molar-refractivity contribution in [2.24, 2.45) is 0 Å². The van der Waals surface area contributed by atoms with Gasteiger partial charge in [-0.05, 0) is 31.0 Å². The zero-order valence-electron chi connectivity index (χ0n) is 17.2. The van der Waals surface area contributed by atoms with Gasteiger partial charge < -0.3 is 10.1 Å². The molecular weight excluding hydrogens is 380 g/mol. The molecule has 7 heteroatoms. The van der Waals surface area contributed by atoms with Gasteiger partial charge >= 0.3 is 0 Å². The Balaban J connectivity index is 1.49. The Morgan fingerprint density at radius 2 is 1.70 bits per heavy atom. The minimum absolute atomic E-state index is 0.209. The average molecular weight is 406 g/mol. The number of nitrogens with zero attached hydrogens (tertiary/aromatic N) is 2. The lowest BCUT2D eigenvalue weighted by molar-refractivity contribution is -0.0705. The van der Waals surface area contributed by atoms with Crippen LogP contribution >= 0.6 is 0 Å². The summed E-state index contributed by atoms with van der Waals surface area (Å²) >= 11 is 0. The summed E-state index contributed by atoms with van der Waals surface area (Å²) in [6.45, 7) is 7.16. The van der Waals surface area contributed by atoms with Crippen LogP contribution in [0.15, 0.2) is 53.3 Å². The Bertz CT molecular complexity index is 1100. The number of aromatic amines is 1. The van der Waals surface area contributed by atoms with E-state index >= 15 is 0 Å². The number of benzene rings is 2. The molecule has 1 saturated heterocycles. The molecule has 0 saturated carbocycles. The molecule has 1 fully saturated rings. The highest BCUT2D eigenvalue weighted by Crippen LogP contribution is 2.17. The number of ether oxygens (including phenoxy) is 1. The molecule has 2 N–H and O–H groups in total. The summed E-state index contributed by atoms with van der Waals surface area (Å²) in [7, 11) is 0. The monoisotopic (exact) mass is 406 g/mol. The van der Waals surface area contributed by atoms with Crippen molar-refractivity contribution in [1.29, 1.82) is 0 Å². The average Bonchev–Trinajstić information content (AvgIpc) is 2.73. The van der Waals surface area contributed by atoms with Crippen LogP contribution in [0, 0.1) is 0 Å². The van der Waals surface area contributed by atoms with Crippen molar-refractivity contribution in [1.82, 2.24) is 20.4 Å². The molecule has 1 aliphatic heterocycles. The molecule has 156 valence electrons. The first-order valence-electron chi connectivity index (χ1n) is 10.2. The molecule has 1 aromatic heterocycles. The third-order valence-corrected chi connectivity index (χ3v) is 5.36. The summed E-state index contributed by atoms with van der Waals surface area (Å²) in [5.41, 5.74) is 2.16. The standard InChI is InChI=1S/C23H26N4O3/c1-15-12-27(13-16(2)30-15)14-18-8-4-3-7-17(18)11-24-23(29)21-19-9-5-6-10-20(19)22(28)26-25-21/h3-10,15-16H,11-14H2,1-2H3,(H,24,29)(H,26,28). The maximum Gasteiger partial charge on any atom is 0.272 e. The maximum absolute atomic E-state index is 12.8. The number of hydrogen-bond donors (Lipinski definition) is 2. The fourth-order valence-corrected chi connectivity index (χ4v) is 4.09. The molecule has 0 bridgehead atoms. The number of amides is 1. The third kappa shape index (κ3) is 4.42. The second kappa shape index (κ2) is 8.77. The minimum atomic E-state index is -0.314. The number of aromatic nitrogens is 2. The van der Waals surface area contributed by atoms with E-state index in [2.05, 4.69) is 40.3 Å². The van der Waals surface area contributed by atoms with Crippen LogP contribution in [0.25, 0.3) is 10.8 Å². The van der Waals surface area contributed by atoms with Crippen molar-refractivity contribution in [3.05, 3.63) is 75.7 Å². The van der Waals surface area contributed by atoms with Gasteiger partial charge in [-0.2, -0.15) is 5.10 Å². The van der Waals surface area contributed by atoms with E-state index < -0.39 is 0 Å². The fourth-order valence-electron chi connectivity index (χ4n) is 4.09. The fraction of sp³-hybridized carbons (Fsp3) is 0.348. The second-order valence-corrected chi connectivity index (χ2v) is 7.85. The van der Waals surface area contributed by atoms with E-state index in [1.807, 2.05) is 18.2 Å². The van der Waals surface area contributed by atoms with E-state index in [1.165, 1.54) is 5.56 Å². The topological polar surface area (TPSA) is 87.3 Å². The molecule has 3 aromatic rings. The highest BCUT2D eigenvalue weighted by atomic mass is 16.5. The Kier molecular flexibility index (Phi) is 5.92. The number of morpholine rings is 1. The molecule has 1 amide bonds. The van der Waals surface area contributed by atoms with Gasteiger partial charge in [0, 0.05) is 31.6 Å². The molecule has 0 radical (unpaired) electrons. The van der Waals surface area contributed by atoms with E-state index in [0.717, 1.165) is 25.2 Å². The molecule has 4 rings (SSSR count). The maximum atomic E-state index is 12.8. The van der Waals surface area contributed by atoms with E-state index in [-0.39, 0.29) is 29.4 Å². The SMILES string of the molecule is CC1CN(Cc2ccccc2CNC(=O)c2n[nH]c(=O)c3ccccc23)CC(C)O1. The smallest absolute Gasteiger partial charge is 0.272 e. The van der Waals surface area contributed by atoms with Gasteiger partial charge in [0.2, 0.25) is 0 Å². The minimum Gasteiger partial charge on any atom is -0.373 e. The molecule has 2 unspecified atom stereocenters. The Morgan fingerprint density at radius 1 is 1.07 bits per heavy atom. The van der Waals surface area contributed by atoms with Crippen molar-refractivity contribution in [3.63, 3.8) is 0 Å². The van der Waals surface area contributed by atoms with E-state index in [9.17, 15) is 9.59 Å². The predicted molar refractivity (Wildman–Crippen MR) is 115 cm³/mol. The van der Waals surface area contributed by atoms with E-state index in [4.69, 9.17) is 4.74 Å². The first-order chi connectivity index (χ1) is 14.5. The van der Waals surface area contributed by atoms with E-state index in [0.29, 0.717) is 17.3 Å². The molecule has 7 nitrogen and oxygen atoms in total. The first kappa shape index (κ1) is 20.3. The van der Waals surface area contributed by atoms with Crippen molar-refractivity contribution in [2.45, 2.75) is 39.1 Å².